The van der Waals surface area contributed by atoms with Crippen LogP contribution in [-0.2, 0) is 4.79 Å². The van der Waals surface area contributed by atoms with Crippen molar-refractivity contribution in [2.45, 2.75) is 6.92 Å². The third-order valence-corrected chi connectivity index (χ3v) is 1.87. The van der Waals surface area contributed by atoms with E-state index in [0.29, 0.717) is 11.5 Å². The lowest BCUT2D eigenvalue weighted by molar-refractivity contribution is -0.115. The fourth-order valence-electron chi connectivity index (χ4n) is 1.05. The summed E-state index contributed by atoms with van der Waals surface area (Å²) in [6, 6.07) is 0. The molecule has 1 amide bonds. The molecule has 3 nitrogen and oxygen atoms in total. The molecule has 0 spiro atoms. The maximum Gasteiger partial charge on any atom is 0.257 e. The molecule has 0 saturated heterocycles. The summed E-state index contributed by atoms with van der Waals surface area (Å²) >= 11 is 4.57. The first-order chi connectivity index (χ1) is 6.59. The molecule has 0 bridgehead atoms. The molecule has 0 aromatic heterocycles. The minimum atomic E-state index is -0.271. The van der Waals surface area contributed by atoms with Crippen molar-refractivity contribution < 1.29 is 4.79 Å². The van der Waals surface area contributed by atoms with Crippen molar-refractivity contribution in [2.24, 2.45) is 11.7 Å². The number of hydrogen-bond donors (Lipinski definition) is 2. The molecule has 74 valence electrons. The van der Waals surface area contributed by atoms with E-state index in [1.54, 1.807) is 12.2 Å². The van der Waals surface area contributed by atoms with Crippen LogP contribution in [0, 0.1) is 5.92 Å². The molecule has 3 N–H and O–H groups in total. The van der Waals surface area contributed by atoms with E-state index in [2.05, 4.69) is 17.5 Å². The van der Waals surface area contributed by atoms with Crippen molar-refractivity contribution >= 4 is 23.2 Å². The third kappa shape index (κ3) is 3.14. The number of nitrogens with one attached hydrogen (secondary N) is 1. The largest absolute Gasteiger partial charge is 0.376 e. The Morgan fingerprint density at radius 3 is 2.93 bits per heavy atom. The molecule has 14 heavy (non-hydrogen) atoms. The summed E-state index contributed by atoms with van der Waals surface area (Å²) in [6.45, 7) is 2.04. The van der Waals surface area contributed by atoms with Crippen LogP contribution in [0.1, 0.15) is 6.92 Å². The Morgan fingerprint density at radius 2 is 2.29 bits per heavy atom. The average molecular weight is 208 g/mol. The van der Waals surface area contributed by atoms with Gasteiger partial charge in [-0.05, 0) is 24.2 Å². The summed E-state index contributed by atoms with van der Waals surface area (Å²) in [5.41, 5.74) is 5.75. The van der Waals surface area contributed by atoms with Crippen molar-refractivity contribution in [1.29, 1.82) is 0 Å². The van der Waals surface area contributed by atoms with Gasteiger partial charge < -0.3 is 5.73 Å². The highest BCUT2D eigenvalue weighted by Gasteiger charge is 2.07. The summed E-state index contributed by atoms with van der Waals surface area (Å²) in [5, 5.41) is 2.36. The number of thiocarbonyl (C=S) groups is 1. The zero-order chi connectivity index (χ0) is 10.6. The number of hydrogen-bond acceptors (Lipinski definition) is 2. The van der Waals surface area contributed by atoms with Crippen molar-refractivity contribution in [3.05, 3.63) is 36.0 Å². The Balaban J connectivity index is 2.74. The molecular formula is C10H12N2OS. The standard InChI is InChI=1S/C10H12N2OS/c1-7-3-2-4-8(6-5-7)9(13)12-10(11)14/h2-7H,1H3,(H3,11,12,13,14). The predicted molar refractivity (Wildman–Crippen MR) is 60.5 cm³/mol. The highest BCUT2D eigenvalue weighted by Crippen LogP contribution is 2.09. The van der Waals surface area contributed by atoms with Crippen LogP contribution in [0.15, 0.2) is 36.0 Å². The number of carbonyl (C=O) groups is 1. The number of allylic oxidation sites excluding steroid dienone is 4. The van der Waals surface area contributed by atoms with E-state index in [-0.39, 0.29) is 11.0 Å². The van der Waals surface area contributed by atoms with Gasteiger partial charge in [0.05, 0.1) is 0 Å². The van der Waals surface area contributed by atoms with Gasteiger partial charge in [-0.15, -0.1) is 0 Å². The summed E-state index contributed by atoms with van der Waals surface area (Å²) < 4.78 is 0. The SMILES string of the molecule is CC1C=CC=C(C(=O)NC(N)=S)C=C1. The first-order valence-corrected chi connectivity index (χ1v) is 4.68. The first kappa shape index (κ1) is 10.7. The highest BCUT2D eigenvalue weighted by atomic mass is 32.1. The van der Waals surface area contributed by atoms with E-state index in [9.17, 15) is 4.79 Å². The zero-order valence-electron chi connectivity index (χ0n) is 7.86. The number of carbonyl (C=O) groups excluding carboxylic acids is 1. The molecule has 1 rings (SSSR count). The smallest absolute Gasteiger partial charge is 0.257 e. The summed E-state index contributed by atoms with van der Waals surface area (Å²) in [6.07, 6.45) is 9.27. The van der Waals surface area contributed by atoms with Crippen molar-refractivity contribution in [1.82, 2.24) is 5.32 Å². The minimum absolute atomic E-state index is 0.00873. The Labute approximate surface area is 88.4 Å². The van der Waals surface area contributed by atoms with Gasteiger partial charge in [0.1, 0.15) is 0 Å². The van der Waals surface area contributed by atoms with Crippen LogP contribution in [0.4, 0.5) is 0 Å². The molecule has 0 aromatic carbocycles. The van der Waals surface area contributed by atoms with Crippen LogP contribution in [0.2, 0.25) is 0 Å². The molecule has 1 unspecified atom stereocenters. The third-order valence-electron chi connectivity index (χ3n) is 1.77. The van der Waals surface area contributed by atoms with Crippen LogP contribution >= 0.6 is 12.2 Å². The Bertz CT molecular complexity index is 342. The second-order valence-electron chi connectivity index (χ2n) is 3.04. The normalized spacial score (nSPS) is 19.8. The van der Waals surface area contributed by atoms with Gasteiger partial charge in [-0.3, -0.25) is 10.1 Å². The molecular weight excluding hydrogens is 196 g/mol. The maximum absolute atomic E-state index is 11.4. The van der Waals surface area contributed by atoms with Crippen LogP contribution in [0.25, 0.3) is 0 Å². The molecule has 4 heteroatoms. The molecule has 0 saturated carbocycles. The Hall–Kier alpha value is -1.42. The van der Waals surface area contributed by atoms with Gasteiger partial charge in [-0.25, -0.2) is 0 Å². The van der Waals surface area contributed by atoms with Gasteiger partial charge in [-0.2, -0.15) is 0 Å². The van der Waals surface area contributed by atoms with Crippen molar-refractivity contribution in [2.75, 3.05) is 0 Å². The first-order valence-electron chi connectivity index (χ1n) is 4.27. The van der Waals surface area contributed by atoms with E-state index >= 15 is 0 Å². The minimum Gasteiger partial charge on any atom is -0.376 e. The van der Waals surface area contributed by atoms with E-state index in [1.807, 2.05) is 25.2 Å². The molecule has 1 aliphatic rings. The second kappa shape index (κ2) is 4.72. The lowest BCUT2D eigenvalue weighted by atomic mass is 10.1. The van der Waals surface area contributed by atoms with Gasteiger partial charge >= 0.3 is 0 Å². The topological polar surface area (TPSA) is 55.1 Å². The van der Waals surface area contributed by atoms with E-state index in [1.165, 1.54) is 0 Å². The number of nitrogens with two attached hydrogens (primary N) is 1. The quantitative estimate of drug-likeness (QED) is 0.633. The molecule has 0 radical (unpaired) electrons. The fourth-order valence-corrected chi connectivity index (χ4v) is 1.14. The summed E-state index contributed by atoms with van der Waals surface area (Å²) in [4.78, 5) is 11.4. The second-order valence-corrected chi connectivity index (χ2v) is 3.48. The van der Waals surface area contributed by atoms with Gasteiger partial charge in [0, 0.05) is 5.57 Å². The molecule has 0 heterocycles. The van der Waals surface area contributed by atoms with Gasteiger partial charge in [-0.1, -0.05) is 31.2 Å². The fraction of sp³-hybridized carbons (Fsp3) is 0.200. The van der Waals surface area contributed by atoms with Gasteiger partial charge in [0.25, 0.3) is 5.91 Å². The summed E-state index contributed by atoms with van der Waals surface area (Å²) in [7, 11) is 0. The van der Waals surface area contributed by atoms with Crippen LogP contribution < -0.4 is 11.1 Å². The zero-order valence-corrected chi connectivity index (χ0v) is 8.67. The monoisotopic (exact) mass is 208 g/mol. The molecule has 0 aromatic rings. The van der Waals surface area contributed by atoms with Gasteiger partial charge in [0.2, 0.25) is 0 Å². The Morgan fingerprint density at radius 1 is 1.57 bits per heavy atom. The van der Waals surface area contributed by atoms with Crippen molar-refractivity contribution in [3.8, 4) is 0 Å². The summed E-state index contributed by atoms with van der Waals surface area (Å²) in [5.74, 6) is 0.0638. The molecule has 1 aliphatic carbocycles. The maximum atomic E-state index is 11.4. The van der Waals surface area contributed by atoms with E-state index < -0.39 is 0 Å². The Kier molecular flexibility index (Phi) is 3.59. The van der Waals surface area contributed by atoms with Gasteiger partial charge in [0.15, 0.2) is 5.11 Å². The van der Waals surface area contributed by atoms with Crippen LogP contribution in [0.3, 0.4) is 0 Å². The number of rotatable bonds is 1. The van der Waals surface area contributed by atoms with Crippen molar-refractivity contribution in [3.63, 3.8) is 0 Å². The number of amides is 1. The lowest BCUT2D eigenvalue weighted by Crippen LogP contribution is -2.35. The molecule has 0 aliphatic heterocycles. The predicted octanol–water partition coefficient (Wildman–Crippen LogP) is 1.03. The molecule has 0 fully saturated rings. The van der Waals surface area contributed by atoms with E-state index in [4.69, 9.17) is 5.73 Å². The van der Waals surface area contributed by atoms with Crippen LogP contribution in [-0.4, -0.2) is 11.0 Å². The molecule has 1 atom stereocenters. The average Bonchev–Trinajstić information content (AvgIpc) is 2.28. The highest BCUT2D eigenvalue weighted by molar-refractivity contribution is 7.80. The van der Waals surface area contributed by atoms with Crippen LogP contribution in [0.5, 0.6) is 0 Å². The van der Waals surface area contributed by atoms with E-state index in [0.717, 1.165) is 0 Å². The lowest BCUT2D eigenvalue weighted by Gasteiger charge is -2.01.